The van der Waals surface area contributed by atoms with Crippen LogP contribution in [0.5, 0.6) is 5.75 Å². The number of ether oxygens (including phenoxy) is 1. The number of carboxylic acids is 1. The Labute approximate surface area is 133 Å². The quantitative estimate of drug-likeness (QED) is 0.791. The predicted octanol–water partition coefficient (Wildman–Crippen LogP) is 1.08. The zero-order valence-electron chi connectivity index (χ0n) is 12.9. The number of aromatic nitrogens is 3. The lowest BCUT2D eigenvalue weighted by Crippen LogP contribution is -2.27. The Morgan fingerprint density at radius 2 is 2.09 bits per heavy atom. The zero-order valence-corrected chi connectivity index (χ0v) is 12.9. The lowest BCUT2D eigenvalue weighted by atomic mass is 10.2. The van der Waals surface area contributed by atoms with E-state index in [-0.39, 0.29) is 24.2 Å². The molecule has 0 unspecified atom stereocenters. The number of hydrogen-bond donors (Lipinski definition) is 2. The minimum atomic E-state index is -1.18. The minimum Gasteiger partial charge on any atom is -0.491 e. The van der Waals surface area contributed by atoms with Gasteiger partial charge in [0.15, 0.2) is 5.69 Å². The fourth-order valence-corrected chi connectivity index (χ4v) is 1.89. The predicted molar refractivity (Wildman–Crippen MR) is 81.0 cm³/mol. The van der Waals surface area contributed by atoms with Gasteiger partial charge in [0, 0.05) is 12.1 Å². The number of rotatable bonds is 7. The van der Waals surface area contributed by atoms with Crippen molar-refractivity contribution in [1.29, 1.82) is 0 Å². The van der Waals surface area contributed by atoms with E-state index in [0.29, 0.717) is 6.54 Å². The van der Waals surface area contributed by atoms with Crippen LogP contribution in [0.4, 0.5) is 0 Å². The number of benzene rings is 1. The van der Waals surface area contributed by atoms with Gasteiger partial charge in [0.1, 0.15) is 12.3 Å². The summed E-state index contributed by atoms with van der Waals surface area (Å²) in [5.41, 5.74) is 0.660. The second-order valence-electron chi connectivity index (χ2n) is 5.16. The average Bonchev–Trinajstić information content (AvgIpc) is 2.94. The van der Waals surface area contributed by atoms with Crippen molar-refractivity contribution in [2.45, 2.75) is 33.0 Å². The van der Waals surface area contributed by atoms with Gasteiger partial charge in [-0.15, -0.1) is 5.10 Å². The molecule has 8 nitrogen and oxygen atoms in total. The van der Waals surface area contributed by atoms with Gasteiger partial charge in [-0.1, -0.05) is 23.4 Å². The molecule has 1 aromatic heterocycles. The summed E-state index contributed by atoms with van der Waals surface area (Å²) in [6, 6.07) is 7.45. The molecule has 2 rings (SSSR count). The van der Waals surface area contributed by atoms with Gasteiger partial charge in [0.25, 0.3) is 0 Å². The van der Waals surface area contributed by atoms with Crippen LogP contribution in [0.1, 0.15) is 29.9 Å². The third kappa shape index (κ3) is 4.80. The summed E-state index contributed by atoms with van der Waals surface area (Å²) in [6.45, 7) is 4.07. The number of hydrogen-bond acceptors (Lipinski definition) is 5. The molecule has 8 heteroatoms. The number of nitrogens with zero attached hydrogens (tertiary/aromatic N) is 3. The maximum absolute atomic E-state index is 11.9. The Hall–Kier alpha value is -2.90. The molecule has 2 N–H and O–H groups in total. The van der Waals surface area contributed by atoms with Gasteiger partial charge in [0.05, 0.1) is 12.3 Å². The molecule has 0 aliphatic rings. The first-order chi connectivity index (χ1) is 11.0. The van der Waals surface area contributed by atoms with Crippen LogP contribution in [0.15, 0.2) is 30.5 Å². The van der Waals surface area contributed by atoms with Crippen molar-refractivity contribution in [2.75, 3.05) is 0 Å². The average molecular weight is 318 g/mol. The van der Waals surface area contributed by atoms with E-state index in [1.54, 1.807) is 0 Å². The van der Waals surface area contributed by atoms with Gasteiger partial charge in [-0.25, -0.2) is 9.48 Å². The van der Waals surface area contributed by atoms with Gasteiger partial charge < -0.3 is 15.2 Å². The van der Waals surface area contributed by atoms with Crippen molar-refractivity contribution in [3.63, 3.8) is 0 Å². The van der Waals surface area contributed by atoms with Crippen molar-refractivity contribution < 1.29 is 19.4 Å². The summed E-state index contributed by atoms with van der Waals surface area (Å²) in [7, 11) is 0. The second kappa shape index (κ2) is 7.39. The summed E-state index contributed by atoms with van der Waals surface area (Å²) < 4.78 is 6.86. The molecule has 1 heterocycles. The number of amides is 1. The van der Waals surface area contributed by atoms with Gasteiger partial charge in [-0.05, 0) is 19.9 Å². The van der Waals surface area contributed by atoms with Gasteiger partial charge in [-0.3, -0.25) is 4.79 Å². The van der Waals surface area contributed by atoms with Crippen LogP contribution >= 0.6 is 0 Å². The molecule has 0 saturated heterocycles. The first-order valence-corrected chi connectivity index (χ1v) is 7.10. The van der Waals surface area contributed by atoms with Crippen LogP contribution in [0.2, 0.25) is 0 Å². The van der Waals surface area contributed by atoms with E-state index in [1.807, 2.05) is 38.1 Å². The largest absolute Gasteiger partial charge is 0.491 e. The third-order valence-electron chi connectivity index (χ3n) is 2.87. The van der Waals surface area contributed by atoms with E-state index >= 15 is 0 Å². The highest BCUT2D eigenvalue weighted by atomic mass is 16.5. The van der Waals surface area contributed by atoms with Crippen molar-refractivity contribution in [3.8, 4) is 5.75 Å². The minimum absolute atomic E-state index is 0.0384. The summed E-state index contributed by atoms with van der Waals surface area (Å²) in [5.74, 6) is -0.765. The van der Waals surface area contributed by atoms with Crippen molar-refractivity contribution >= 4 is 11.9 Å². The van der Waals surface area contributed by atoms with Gasteiger partial charge >= 0.3 is 5.97 Å². The summed E-state index contributed by atoms with van der Waals surface area (Å²) in [4.78, 5) is 22.6. The van der Waals surface area contributed by atoms with Crippen LogP contribution in [-0.4, -0.2) is 38.1 Å². The smallest absolute Gasteiger partial charge is 0.358 e. The molecule has 0 bridgehead atoms. The number of carbonyl (C=O) groups is 2. The van der Waals surface area contributed by atoms with Crippen LogP contribution in [0, 0.1) is 0 Å². The van der Waals surface area contributed by atoms with E-state index in [4.69, 9.17) is 9.84 Å². The first-order valence-electron chi connectivity index (χ1n) is 7.10. The number of carbonyl (C=O) groups excluding carboxylic acids is 1. The van der Waals surface area contributed by atoms with Crippen molar-refractivity contribution in [1.82, 2.24) is 20.3 Å². The Morgan fingerprint density at radius 1 is 1.35 bits per heavy atom. The summed E-state index contributed by atoms with van der Waals surface area (Å²) in [5, 5.41) is 18.5. The fraction of sp³-hybridized carbons (Fsp3) is 0.333. The van der Waals surface area contributed by atoms with E-state index in [0.717, 1.165) is 11.3 Å². The lowest BCUT2D eigenvalue weighted by Gasteiger charge is -2.14. The van der Waals surface area contributed by atoms with Crippen LogP contribution in [0.3, 0.4) is 0 Å². The number of nitrogens with one attached hydrogen (secondary N) is 1. The first kappa shape index (κ1) is 16.5. The normalized spacial score (nSPS) is 10.6. The molecule has 0 aliphatic carbocycles. The Bertz CT molecular complexity index is 696. The van der Waals surface area contributed by atoms with Crippen LogP contribution in [-0.2, 0) is 17.9 Å². The molecule has 23 heavy (non-hydrogen) atoms. The van der Waals surface area contributed by atoms with E-state index < -0.39 is 5.97 Å². The molecule has 1 amide bonds. The molecule has 2 aromatic rings. The standard InChI is InChI=1S/C15H18N4O4/c1-10(2)23-13-6-4-3-5-11(13)7-16-14(20)9-19-8-12(15(21)22)17-18-19/h3-6,8,10H,7,9H2,1-2H3,(H,16,20)(H,21,22). The molecule has 1 aromatic carbocycles. The SMILES string of the molecule is CC(C)Oc1ccccc1CNC(=O)Cn1cc(C(=O)O)nn1. The van der Waals surface area contributed by atoms with E-state index in [9.17, 15) is 9.59 Å². The number of para-hydroxylation sites is 1. The highest BCUT2D eigenvalue weighted by Crippen LogP contribution is 2.19. The van der Waals surface area contributed by atoms with Gasteiger partial charge in [0.2, 0.25) is 5.91 Å². The Kier molecular flexibility index (Phi) is 5.29. The molecular formula is C15H18N4O4. The maximum atomic E-state index is 11.9. The molecule has 0 atom stereocenters. The highest BCUT2D eigenvalue weighted by molar-refractivity contribution is 5.84. The highest BCUT2D eigenvalue weighted by Gasteiger charge is 2.11. The Morgan fingerprint density at radius 3 is 2.74 bits per heavy atom. The summed E-state index contributed by atoms with van der Waals surface area (Å²) in [6.07, 6.45) is 1.24. The topological polar surface area (TPSA) is 106 Å². The van der Waals surface area contributed by atoms with Gasteiger partial charge in [-0.2, -0.15) is 0 Å². The zero-order chi connectivity index (χ0) is 16.8. The Balaban J connectivity index is 1.92. The van der Waals surface area contributed by atoms with Crippen molar-refractivity contribution in [2.24, 2.45) is 0 Å². The molecular weight excluding hydrogens is 300 g/mol. The van der Waals surface area contributed by atoms with E-state index in [1.165, 1.54) is 10.9 Å². The molecule has 0 radical (unpaired) electrons. The second-order valence-corrected chi connectivity index (χ2v) is 5.16. The maximum Gasteiger partial charge on any atom is 0.358 e. The molecule has 0 saturated carbocycles. The van der Waals surface area contributed by atoms with Crippen LogP contribution < -0.4 is 10.1 Å². The lowest BCUT2D eigenvalue weighted by molar-refractivity contribution is -0.122. The molecule has 0 fully saturated rings. The fourth-order valence-electron chi connectivity index (χ4n) is 1.89. The number of carboxylic acid groups (broad SMARTS) is 1. The number of aromatic carboxylic acids is 1. The van der Waals surface area contributed by atoms with Crippen LogP contribution in [0.25, 0.3) is 0 Å². The van der Waals surface area contributed by atoms with E-state index in [2.05, 4.69) is 15.6 Å². The van der Waals surface area contributed by atoms with Crippen molar-refractivity contribution in [3.05, 3.63) is 41.7 Å². The molecule has 0 spiro atoms. The molecule has 0 aliphatic heterocycles. The third-order valence-corrected chi connectivity index (χ3v) is 2.87. The summed E-state index contributed by atoms with van der Waals surface area (Å²) >= 11 is 0. The monoisotopic (exact) mass is 318 g/mol. The molecule has 122 valence electrons.